The first-order valence-corrected chi connectivity index (χ1v) is 11.4. The van der Waals surface area contributed by atoms with Crippen molar-refractivity contribution in [3.8, 4) is 16.3 Å². The molecular weight excluding hydrogens is 512 g/mol. The van der Waals surface area contributed by atoms with E-state index in [-0.39, 0.29) is 41.1 Å². The molecule has 0 radical (unpaired) electrons. The largest absolute Gasteiger partial charge is 0.491 e. The maximum atomic E-state index is 13.6. The van der Waals surface area contributed by atoms with Crippen molar-refractivity contribution >= 4 is 11.3 Å². The highest BCUT2D eigenvalue weighted by Gasteiger charge is 2.35. The monoisotopic (exact) mass is 535 g/mol. The van der Waals surface area contributed by atoms with Crippen molar-refractivity contribution in [2.24, 2.45) is 5.73 Å². The highest BCUT2D eigenvalue weighted by Crippen LogP contribution is 2.39. The van der Waals surface area contributed by atoms with Crippen LogP contribution in [0.4, 0.5) is 26.3 Å². The van der Waals surface area contributed by atoms with Gasteiger partial charge in [-0.1, -0.05) is 23.5 Å². The van der Waals surface area contributed by atoms with Crippen molar-refractivity contribution in [3.05, 3.63) is 64.2 Å². The van der Waals surface area contributed by atoms with E-state index in [2.05, 4.69) is 10.2 Å². The minimum absolute atomic E-state index is 0.0182. The minimum Gasteiger partial charge on any atom is -0.491 e. The Morgan fingerprint density at radius 2 is 1.61 bits per heavy atom. The number of nitrogens with zero attached hydrogens (tertiary/aromatic N) is 2. The second-order valence-electron chi connectivity index (χ2n) is 8.10. The van der Waals surface area contributed by atoms with Gasteiger partial charge in [0.1, 0.15) is 22.4 Å². The smallest absolute Gasteiger partial charge is 0.419 e. The number of aliphatic hydroxyl groups excluding tert-OH is 1. The Hall–Kier alpha value is -2.74. The summed E-state index contributed by atoms with van der Waals surface area (Å²) in [4.78, 5) is 0. The number of hydrogen-bond acceptors (Lipinski definition) is 7. The second kappa shape index (κ2) is 11.1. The molecule has 3 N–H and O–H groups in total. The molecule has 0 amide bonds. The van der Waals surface area contributed by atoms with Crippen LogP contribution in [-0.4, -0.2) is 41.7 Å². The highest BCUT2D eigenvalue weighted by molar-refractivity contribution is 7.14. The summed E-state index contributed by atoms with van der Waals surface area (Å²) in [5.41, 5.74) is 3.78. The zero-order chi connectivity index (χ0) is 26.6. The van der Waals surface area contributed by atoms with Crippen LogP contribution in [0.25, 0.3) is 10.6 Å². The molecule has 6 nitrogen and oxygen atoms in total. The fraction of sp³-hybridized carbons (Fsp3) is 0.391. The number of nitrogens with two attached hydrogens (primary N) is 1. The van der Waals surface area contributed by atoms with Crippen molar-refractivity contribution in [2.45, 2.75) is 31.2 Å². The van der Waals surface area contributed by atoms with Crippen LogP contribution in [-0.2, 0) is 29.0 Å². The van der Waals surface area contributed by atoms with Gasteiger partial charge in [0.05, 0.1) is 36.5 Å². The number of rotatable bonds is 10. The predicted octanol–water partition coefficient (Wildman–Crippen LogP) is 5.05. The number of halogens is 6. The zero-order valence-corrected chi connectivity index (χ0v) is 19.8. The lowest BCUT2D eigenvalue weighted by atomic mass is 10.1. The van der Waals surface area contributed by atoms with E-state index in [9.17, 15) is 31.4 Å². The van der Waals surface area contributed by atoms with E-state index in [0.717, 1.165) is 29.5 Å². The molecule has 0 aliphatic heterocycles. The van der Waals surface area contributed by atoms with Gasteiger partial charge in [0.15, 0.2) is 0 Å². The number of hydrogen-bond donors (Lipinski definition) is 2. The van der Waals surface area contributed by atoms with Gasteiger partial charge in [-0.25, -0.2) is 0 Å². The van der Waals surface area contributed by atoms with Crippen LogP contribution in [0.2, 0.25) is 0 Å². The van der Waals surface area contributed by atoms with Gasteiger partial charge in [0.2, 0.25) is 0 Å². The molecule has 196 valence electrons. The molecule has 3 rings (SSSR count). The molecule has 0 bridgehead atoms. The molecule has 0 fully saturated rings. The SMILES string of the molecule is CC(N)(CO)c1nnc(-c2ccc(OCCOCCc3ccc(C(F)(F)F)cc3)c(C(F)(F)F)c2)s1. The molecule has 0 aliphatic carbocycles. The zero-order valence-electron chi connectivity index (χ0n) is 19.0. The summed E-state index contributed by atoms with van der Waals surface area (Å²) < 4.78 is 89.3. The molecule has 0 aliphatic rings. The van der Waals surface area contributed by atoms with Crippen molar-refractivity contribution < 1.29 is 40.9 Å². The van der Waals surface area contributed by atoms with Gasteiger partial charge >= 0.3 is 12.4 Å². The van der Waals surface area contributed by atoms with Crippen LogP contribution in [0.15, 0.2) is 42.5 Å². The van der Waals surface area contributed by atoms with Gasteiger partial charge < -0.3 is 20.3 Å². The average molecular weight is 536 g/mol. The van der Waals surface area contributed by atoms with E-state index in [1.54, 1.807) is 0 Å². The van der Waals surface area contributed by atoms with Crippen LogP contribution in [0.3, 0.4) is 0 Å². The first kappa shape index (κ1) is 27.8. The standard InChI is InChI=1S/C23H23F6N3O3S/c1-21(30,13-33)20-32-31-19(36-20)15-4-7-18(17(12-15)23(27,28)29)35-11-10-34-9-8-14-2-5-16(6-3-14)22(24,25)26/h2-7,12,33H,8-11,13,30H2,1H3. The number of benzene rings is 2. The van der Waals surface area contributed by atoms with Crippen molar-refractivity contribution in [3.63, 3.8) is 0 Å². The summed E-state index contributed by atoms with van der Waals surface area (Å²) in [6.45, 7) is 1.10. The lowest BCUT2D eigenvalue weighted by Crippen LogP contribution is -2.36. The fourth-order valence-corrected chi connectivity index (χ4v) is 3.90. The third-order valence-corrected chi connectivity index (χ3v) is 6.33. The van der Waals surface area contributed by atoms with Gasteiger partial charge in [0.25, 0.3) is 0 Å². The molecule has 13 heteroatoms. The average Bonchev–Trinajstić information content (AvgIpc) is 3.32. The molecule has 0 saturated heterocycles. The summed E-state index contributed by atoms with van der Waals surface area (Å²) in [6.07, 6.45) is -8.77. The van der Waals surface area contributed by atoms with Crippen molar-refractivity contribution in [1.29, 1.82) is 0 Å². The normalized spacial score (nSPS) is 14.0. The third-order valence-electron chi connectivity index (χ3n) is 5.08. The van der Waals surface area contributed by atoms with Gasteiger partial charge in [-0.05, 0) is 49.2 Å². The fourth-order valence-electron chi connectivity index (χ4n) is 3.01. The third kappa shape index (κ3) is 7.15. The van der Waals surface area contributed by atoms with E-state index >= 15 is 0 Å². The Bertz CT molecular complexity index is 1150. The van der Waals surface area contributed by atoms with E-state index in [1.165, 1.54) is 31.2 Å². The molecule has 1 atom stereocenters. The van der Waals surface area contributed by atoms with Gasteiger partial charge in [-0.2, -0.15) is 26.3 Å². The maximum Gasteiger partial charge on any atom is 0.419 e. The lowest BCUT2D eigenvalue weighted by molar-refractivity contribution is -0.139. The molecule has 0 spiro atoms. The molecule has 1 heterocycles. The quantitative estimate of drug-likeness (QED) is 0.279. The van der Waals surface area contributed by atoms with Gasteiger partial charge in [0, 0.05) is 5.56 Å². The van der Waals surface area contributed by atoms with Crippen molar-refractivity contribution in [2.75, 3.05) is 26.4 Å². The van der Waals surface area contributed by atoms with E-state index in [0.29, 0.717) is 12.0 Å². The van der Waals surface area contributed by atoms with Gasteiger partial charge in [-0.15, -0.1) is 10.2 Å². The van der Waals surface area contributed by atoms with Gasteiger partial charge in [-0.3, -0.25) is 0 Å². The lowest BCUT2D eigenvalue weighted by Gasteiger charge is -2.17. The molecule has 3 aromatic rings. The Morgan fingerprint density at radius 3 is 2.22 bits per heavy atom. The Balaban J connectivity index is 1.57. The Morgan fingerprint density at radius 1 is 0.917 bits per heavy atom. The van der Waals surface area contributed by atoms with Crippen molar-refractivity contribution in [1.82, 2.24) is 10.2 Å². The summed E-state index contributed by atoms with van der Waals surface area (Å²) in [6, 6.07) is 8.13. The van der Waals surface area contributed by atoms with Crippen LogP contribution < -0.4 is 10.5 Å². The Labute approximate surface area is 206 Å². The predicted molar refractivity (Wildman–Crippen MR) is 120 cm³/mol. The molecular formula is C23H23F6N3O3S. The first-order chi connectivity index (χ1) is 16.8. The van der Waals surface area contributed by atoms with Crippen LogP contribution in [0.1, 0.15) is 28.6 Å². The van der Waals surface area contributed by atoms with E-state index in [1.807, 2.05) is 0 Å². The van der Waals surface area contributed by atoms with E-state index < -0.39 is 35.6 Å². The summed E-state index contributed by atoms with van der Waals surface area (Å²) in [7, 11) is 0. The molecule has 1 aromatic heterocycles. The van der Waals surface area contributed by atoms with E-state index in [4.69, 9.17) is 15.2 Å². The summed E-state index contributed by atoms with van der Waals surface area (Å²) >= 11 is 0.979. The minimum atomic E-state index is -4.70. The Kier molecular flexibility index (Phi) is 8.59. The molecule has 2 aromatic carbocycles. The van der Waals surface area contributed by atoms with Crippen LogP contribution in [0, 0.1) is 0 Å². The molecule has 0 saturated carbocycles. The number of aromatic nitrogens is 2. The molecule has 1 unspecified atom stereocenters. The first-order valence-electron chi connectivity index (χ1n) is 10.6. The van der Waals surface area contributed by atoms with Crippen LogP contribution in [0.5, 0.6) is 5.75 Å². The highest BCUT2D eigenvalue weighted by atomic mass is 32.1. The second-order valence-corrected chi connectivity index (χ2v) is 9.08. The summed E-state index contributed by atoms with van der Waals surface area (Å²) in [5.74, 6) is -0.388. The van der Waals surface area contributed by atoms with Crippen LogP contribution >= 0.6 is 11.3 Å². The number of aliphatic hydroxyl groups is 1. The molecule has 36 heavy (non-hydrogen) atoms. The maximum absolute atomic E-state index is 13.6. The number of alkyl halides is 6. The number of ether oxygens (including phenoxy) is 2. The summed E-state index contributed by atoms with van der Waals surface area (Å²) in [5, 5.41) is 17.6. The topological polar surface area (TPSA) is 90.5 Å².